The molecule has 0 saturated carbocycles. The molecule has 0 amide bonds. The van der Waals surface area contributed by atoms with Gasteiger partial charge in [-0.2, -0.15) is 0 Å². The largest absolute Gasteiger partial charge is 0.493 e. The Bertz CT molecular complexity index is 1220. The van der Waals surface area contributed by atoms with Crippen LogP contribution in [0.25, 0.3) is 10.9 Å². The van der Waals surface area contributed by atoms with E-state index in [1.165, 1.54) is 26.6 Å². The lowest BCUT2D eigenvalue weighted by atomic mass is 9.84. The molecule has 3 aromatic rings. The maximum Gasteiger partial charge on any atom is 0.211 e. The maximum atomic E-state index is 13.0. The minimum atomic E-state index is -1.21. The lowest BCUT2D eigenvalue weighted by Crippen LogP contribution is -2.34. The molecule has 2 atom stereocenters. The second kappa shape index (κ2) is 6.64. The Labute approximate surface area is 171 Å². The van der Waals surface area contributed by atoms with E-state index in [1.54, 1.807) is 24.3 Å². The van der Waals surface area contributed by atoms with Gasteiger partial charge < -0.3 is 19.5 Å². The van der Waals surface area contributed by atoms with Crippen LogP contribution in [0, 0.1) is 0 Å². The summed E-state index contributed by atoms with van der Waals surface area (Å²) in [6.07, 6.45) is 1.81. The van der Waals surface area contributed by atoms with Crippen LogP contribution < -0.4 is 14.8 Å². The van der Waals surface area contributed by atoms with Crippen molar-refractivity contribution in [2.24, 2.45) is 0 Å². The molecule has 1 aromatic heterocycles. The summed E-state index contributed by atoms with van der Waals surface area (Å²) in [5.74, 6) is 0.818. The highest BCUT2D eigenvalue weighted by atomic mass is 16.6. The number of rotatable bonds is 5. The summed E-state index contributed by atoms with van der Waals surface area (Å²) in [7, 11) is 3.07. The summed E-state index contributed by atoms with van der Waals surface area (Å²) in [5, 5.41) is 3.60. The number of ether oxygens (including phenoxy) is 3. The number of ketones is 2. The molecule has 1 aliphatic carbocycles. The lowest BCUT2D eigenvalue weighted by molar-refractivity contribution is -0.122. The quantitative estimate of drug-likeness (QED) is 0.648. The lowest BCUT2D eigenvalue weighted by Gasteiger charge is -2.17. The monoisotopic (exact) mass is 403 g/mol. The zero-order valence-electron chi connectivity index (χ0n) is 16.2. The van der Waals surface area contributed by atoms with Gasteiger partial charge in [-0.25, -0.2) is 9.97 Å². The van der Waals surface area contributed by atoms with Gasteiger partial charge in [0.05, 0.1) is 25.4 Å². The van der Waals surface area contributed by atoms with Gasteiger partial charge >= 0.3 is 0 Å². The fraction of sp³-hybridized carbons (Fsp3) is 0.182. The number of Topliss-reactive ketones (excluding diaryl/α,β-unsaturated/α-hetero) is 1. The molecule has 1 fully saturated rings. The summed E-state index contributed by atoms with van der Waals surface area (Å²) in [5.41, 5.74) is 0.187. The first-order valence-electron chi connectivity index (χ1n) is 9.26. The van der Waals surface area contributed by atoms with Crippen LogP contribution in [-0.2, 0) is 19.9 Å². The van der Waals surface area contributed by atoms with Crippen molar-refractivity contribution in [1.82, 2.24) is 9.97 Å². The van der Waals surface area contributed by atoms with Crippen LogP contribution in [0.3, 0.4) is 0 Å². The Morgan fingerprint density at radius 3 is 2.50 bits per heavy atom. The number of nitrogens with one attached hydrogen (secondary N) is 1. The molecule has 2 heterocycles. The number of nitrogens with zero attached hydrogens (tertiary/aromatic N) is 2. The first kappa shape index (κ1) is 18.3. The second-order valence-corrected chi connectivity index (χ2v) is 6.96. The molecule has 1 saturated heterocycles. The second-order valence-electron chi connectivity index (χ2n) is 6.96. The summed E-state index contributed by atoms with van der Waals surface area (Å²) in [6.45, 7) is 0. The topological polar surface area (TPSA) is 103 Å². The Kier molecular flexibility index (Phi) is 4.04. The molecule has 8 nitrogen and oxygen atoms in total. The fourth-order valence-corrected chi connectivity index (χ4v) is 3.78. The third kappa shape index (κ3) is 2.57. The van der Waals surface area contributed by atoms with Crippen molar-refractivity contribution in [3.8, 4) is 11.5 Å². The summed E-state index contributed by atoms with van der Waals surface area (Å²) in [6, 6.07) is 12.5. The molecule has 0 spiro atoms. The molecule has 1 N–H and O–H groups in total. The Hall–Kier alpha value is -3.78. The molecule has 1 aliphatic heterocycles. The van der Waals surface area contributed by atoms with E-state index in [9.17, 15) is 9.59 Å². The Morgan fingerprint density at radius 1 is 1.03 bits per heavy atom. The number of anilines is 1. The standard InChI is InChI=1S/C22H17N3O5/c1-28-16-8-13-14(9-17(16)29-2)23-11-24-21(13)25-15-10-18(26)22(20(30-22)19(15)27)12-6-4-3-5-7-12/h3-11,20H,1-2H3,(H,23,24,25)/t20?,22-/m1/s1. The fourth-order valence-electron chi connectivity index (χ4n) is 3.78. The van der Waals surface area contributed by atoms with Crippen LogP contribution in [0.4, 0.5) is 5.82 Å². The third-order valence-electron chi connectivity index (χ3n) is 5.36. The number of methoxy groups -OCH3 is 2. The molecule has 1 unspecified atom stereocenters. The van der Waals surface area contributed by atoms with Crippen LogP contribution in [0.5, 0.6) is 11.5 Å². The van der Waals surface area contributed by atoms with E-state index in [2.05, 4.69) is 15.3 Å². The zero-order chi connectivity index (χ0) is 20.9. The van der Waals surface area contributed by atoms with Gasteiger partial charge in [0.2, 0.25) is 5.78 Å². The van der Waals surface area contributed by atoms with Crippen molar-refractivity contribution in [1.29, 1.82) is 0 Å². The van der Waals surface area contributed by atoms with Gasteiger partial charge in [-0.05, 0) is 11.6 Å². The molecule has 30 heavy (non-hydrogen) atoms. The third-order valence-corrected chi connectivity index (χ3v) is 5.36. The SMILES string of the molecule is COc1cc2ncnc(NC3=CC(=O)[C@@]4(c5ccccc5)OC4C3=O)c2cc1OC. The first-order chi connectivity index (χ1) is 14.6. The summed E-state index contributed by atoms with van der Waals surface area (Å²) >= 11 is 0. The number of carbonyl (C=O) groups is 2. The number of aromatic nitrogens is 2. The van der Waals surface area contributed by atoms with Crippen LogP contribution in [0.2, 0.25) is 0 Å². The van der Waals surface area contributed by atoms with E-state index < -0.39 is 11.7 Å². The van der Waals surface area contributed by atoms with Gasteiger partial charge in [0.1, 0.15) is 12.1 Å². The van der Waals surface area contributed by atoms with Crippen LogP contribution in [0.15, 0.2) is 60.6 Å². The van der Waals surface area contributed by atoms with Crippen molar-refractivity contribution >= 4 is 28.3 Å². The van der Waals surface area contributed by atoms with Crippen molar-refractivity contribution in [3.63, 3.8) is 0 Å². The van der Waals surface area contributed by atoms with Gasteiger partial charge in [0.25, 0.3) is 0 Å². The highest BCUT2D eigenvalue weighted by Crippen LogP contribution is 2.51. The summed E-state index contributed by atoms with van der Waals surface area (Å²) in [4.78, 5) is 34.3. The minimum absolute atomic E-state index is 0.129. The van der Waals surface area contributed by atoms with Gasteiger partial charge in [-0.1, -0.05) is 30.3 Å². The number of hydrogen-bond donors (Lipinski definition) is 1. The van der Waals surface area contributed by atoms with Crippen molar-refractivity contribution in [3.05, 3.63) is 66.1 Å². The van der Waals surface area contributed by atoms with E-state index in [0.717, 1.165) is 0 Å². The molecule has 0 radical (unpaired) electrons. The summed E-state index contributed by atoms with van der Waals surface area (Å²) < 4.78 is 16.3. The number of fused-ring (bicyclic) bond motifs is 2. The predicted molar refractivity (Wildman–Crippen MR) is 107 cm³/mol. The molecule has 8 heteroatoms. The Morgan fingerprint density at radius 2 is 1.77 bits per heavy atom. The maximum absolute atomic E-state index is 13.0. The van der Waals surface area contributed by atoms with Crippen molar-refractivity contribution < 1.29 is 23.8 Å². The molecule has 5 rings (SSSR count). The van der Waals surface area contributed by atoms with Crippen molar-refractivity contribution in [2.45, 2.75) is 11.7 Å². The molecule has 0 bridgehead atoms. The average Bonchev–Trinajstić information content (AvgIpc) is 3.55. The minimum Gasteiger partial charge on any atom is -0.493 e. The van der Waals surface area contributed by atoms with Crippen molar-refractivity contribution in [2.75, 3.05) is 19.5 Å². The molecular formula is C22H17N3O5. The molecular weight excluding hydrogens is 386 g/mol. The van der Waals surface area contributed by atoms with Gasteiger partial charge in [0, 0.05) is 17.5 Å². The van der Waals surface area contributed by atoms with Gasteiger partial charge in [-0.3, -0.25) is 9.59 Å². The molecule has 150 valence electrons. The zero-order valence-corrected chi connectivity index (χ0v) is 16.2. The number of benzene rings is 2. The van der Waals surface area contributed by atoms with E-state index in [1.807, 2.05) is 18.2 Å². The van der Waals surface area contributed by atoms with E-state index >= 15 is 0 Å². The molecule has 2 aromatic carbocycles. The van der Waals surface area contributed by atoms with E-state index in [4.69, 9.17) is 14.2 Å². The van der Waals surface area contributed by atoms with Crippen LogP contribution in [0.1, 0.15) is 5.56 Å². The highest BCUT2D eigenvalue weighted by molar-refractivity contribution is 6.19. The van der Waals surface area contributed by atoms with Crippen LogP contribution in [-0.4, -0.2) is 41.9 Å². The number of epoxide rings is 1. The average molecular weight is 403 g/mol. The normalized spacial score (nSPS) is 22.3. The first-order valence-corrected chi connectivity index (χ1v) is 9.26. The predicted octanol–water partition coefficient (Wildman–Crippen LogP) is 2.39. The Balaban J connectivity index is 1.52. The smallest absolute Gasteiger partial charge is 0.211 e. The van der Waals surface area contributed by atoms with Gasteiger partial charge in [-0.15, -0.1) is 0 Å². The number of hydrogen-bond acceptors (Lipinski definition) is 8. The highest BCUT2D eigenvalue weighted by Gasteiger charge is 2.68. The number of carbonyl (C=O) groups excluding carboxylic acids is 2. The van der Waals surface area contributed by atoms with E-state index in [-0.39, 0.29) is 17.3 Å². The molecule has 2 aliphatic rings. The van der Waals surface area contributed by atoms with Crippen LogP contribution >= 0.6 is 0 Å². The van der Waals surface area contributed by atoms with E-state index in [0.29, 0.717) is 33.8 Å². The van der Waals surface area contributed by atoms with Gasteiger partial charge in [0.15, 0.2) is 29.0 Å².